The van der Waals surface area contributed by atoms with Crippen LogP contribution in [0.2, 0.25) is 0 Å². The van der Waals surface area contributed by atoms with Crippen LogP contribution in [-0.4, -0.2) is 16.2 Å². The lowest BCUT2D eigenvalue weighted by molar-refractivity contribution is 0.251. The number of carbonyl (C=O) groups excluding carboxylic acids is 1. The Bertz CT molecular complexity index is 585. The summed E-state index contributed by atoms with van der Waals surface area (Å²) >= 11 is 0. The van der Waals surface area contributed by atoms with Gasteiger partial charge >= 0.3 is 11.8 Å². The first kappa shape index (κ1) is 11.9. The minimum Gasteiger partial charge on any atom is -0.331 e. The summed E-state index contributed by atoms with van der Waals surface area (Å²) in [6.45, 7) is 2.05. The van der Waals surface area contributed by atoms with Crippen molar-refractivity contribution in [3.8, 4) is 0 Å². The van der Waals surface area contributed by atoms with Crippen molar-refractivity contribution < 1.29 is 9.32 Å². The van der Waals surface area contributed by atoms with E-state index in [-0.39, 0.29) is 18.4 Å². The van der Waals surface area contributed by atoms with Gasteiger partial charge in [0.15, 0.2) is 5.82 Å². The number of carbonyl (C=O) groups is 1. The van der Waals surface area contributed by atoms with Crippen LogP contribution in [0.3, 0.4) is 0 Å². The number of nitrogens with zero attached hydrogens (tertiary/aromatic N) is 1. The summed E-state index contributed by atoms with van der Waals surface area (Å²) in [6.07, 6.45) is 0. The maximum Gasteiger partial charge on any atom is 0.438 e. The molecule has 3 N–H and O–H groups in total. The summed E-state index contributed by atoms with van der Waals surface area (Å²) in [5.41, 5.74) is 1.80. The van der Waals surface area contributed by atoms with Gasteiger partial charge in [-0.15, -0.1) is 0 Å². The van der Waals surface area contributed by atoms with E-state index in [0.29, 0.717) is 5.69 Å². The number of hydrogen-bond donors (Lipinski definition) is 3. The van der Waals surface area contributed by atoms with E-state index in [0.717, 1.165) is 5.56 Å². The first-order valence-electron chi connectivity index (χ1n) is 5.30. The van der Waals surface area contributed by atoms with Crippen LogP contribution in [0.25, 0.3) is 0 Å². The molecule has 7 heteroatoms. The van der Waals surface area contributed by atoms with E-state index < -0.39 is 5.76 Å². The van der Waals surface area contributed by atoms with Gasteiger partial charge in [0.25, 0.3) is 0 Å². The zero-order valence-electron chi connectivity index (χ0n) is 9.69. The van der Waals surface area contributed by atoms with Gasteiger partial charge in [-0.1, -0.05) is 22.9 Å². The van der Waals surface area contributed by atoms with E-state index >= 15 is 0 Å². The van der Waals surface area contributed by atoms with Crippen LogP contribution in [0.5, 0.6) is 0 Å². The molecular weight excluding hydrogens is 236 g/mol. The van der Waals surface area contributed by atoms with Gasteiger partial charge in [-0.05, 0) is 19.1 Å². The molecule has 0 atom stereocenters. The number of H-pyrrole nitrogens is 1. The molecule has 94 valence electrons. The highest BCUT2D eigenvalue weighted by molar-refractivity contribution is 5.89. The van der Waals surface area contributed by atoms with Crippen LogP contribution in [0, 0.1) is 6.92 Å². The second-order valence-corrected chi connectivity index (χ2v) is 3.72. The average molecular weight is 248 g/mol. The van der Waals surface area contributed by atoms with E-state index in [1.54, 1.807) is 12.1 Å². The maximum atomic E-state index is 11.5. The van der Waals surface area contributed by atoms with Crippen molar-refractivity contribution in [2.24, 2.45) is 0 Å². The number of hydrogen-bond acceptors (Lipinski definition) is 4. The Morgan fingerprint density at radius 2 is 2.11 bits per heavy atom. The second-order valence-electron chi connectivity index (χ2n) is 3.72. The lowest BCUT2D eigenvalue weighted by atomic mass is 10.2. The van der Waals surface area contributed by atoms with Gasteiger partial charge < -0.3 is 10.6 Å². The fourth-order valence-corrected chi connectivity index (χ4v) is 1.31. The Kier molecular flexibility index (Phi) is 3.42. The minimum absolute atomic E-state index is 0.0867. The van der Waals surface area contributed by atoms with Crippen LogP contribution in [0.15, 0.2) is 33.6 Å². The first-order valence-corrected chi connectivity index (χ1v) is 5.30. The highest BCUT2D eigenvalue weighted by atomic mass is 16.5. The van der Waals surface area contributed by atoms with Crippen molar-refractivity contribution in [1.82, 2.24) is 15.5 Å². The zero-order valence-corrected chi connectivity index (χ0v) is 9.69. The molecule has 0 bridgehead atoms. The Morgan fingerprint density at radius 3 is 2.72 bits per heavy atom. The Morgan fingerprint density at radius 1 is 1.39 bits per heavy atom. The molecule has 0 aliphatic rings. The number of benzene rings is 1. The van der Waals surface area contributed by atoms with Crippen molar-refractivity contribution in [3.05, 3.63) is 46.2 Å². The number of amides is 2. The first-order chi connectivity index (χ1) is 8.63. The summed E-state index contributed by atoms with van der Waals surface area (Å²) in [5.74, 6) is -0.384. The summed E-state index contributed by atoms with van der Waals surface area (Å²) < 4.78 is 4.30. The highest BCUT2D eigenvalue weighted by Gasteiger charge is 2.04. The van der Waals surface area contributed by atoms with Crippen molar-refractivity contribution in [1.29, 1.82) is 0 Å². The fourth-order valence-electron chi connectivity index (χ4n) is 1.31. The van der Waals surface area contributed by atoms with Crippen LogP contribution in [-0.2, 0) is 6.54 Å². The van der Waals surface area contributed by atoms with E-state index in [4.69, 9.17) is 0 Å². The largest absolute Gasteiger partial charge is 0.438 e. The van der Waals surface area contributed by atoms with Crippen LogP contribution in [0.4, 0.5) is 10.5 Å². The third kappa shape index (κ3) is 3.21. The molecule has 2 rings (SSSR count). The summed E-state index contributed by atoms with van der Waals surface area (Å²) in [4.78, 5) is 24.5. The molecule has 0 aliphatic heterocycles. The molecule has 0 radical (unpaired) electrons. The van der Waals surface area contributed by atoms with E-state index in [2.05, 4.69) is 25.3 Å². The summed E-state index contributed by atoms with van der Waals surface area (Å²) in [7, 11) is 0. The van der Waals surface area contributed by atoms with Gasteiger partial charge in [0.1, 0.15) is 0 Å². The SMILES string of the molecule is Cc1ccc(NC(=O)NCc2noc(=O)[nH]2)cc1. The molecule has 0 saturated heterocycles. The minimum atomic E-state index is -0.647. The topological polar surface area (TPSA) is 100 Å². The number of urea groups is 1. The third-order valence-corrected chi connectivity index (χ3v) is 2.21. The van der Waals surface area contributed by atoms with E-state index in [9.17, 15) is 9.59 Å². The molecule has 0 spiro atoms. The smallest absolute Gasteiger partial charge is 0.331 e. The summed E-state index contributed by atoms with van der Waals surface area (Å²) in [5, 5.41) is 8.60. The number of rotatable bonds is 3. The van der Waals surface area contributed by atoms with Gasteiger partial charge in [0.2, 0.25) is 0 Å². The van der Waals surface area contributed by atoms with Gasteiger partial charge in [0, 0.05) is 5.69 Å². The van der Waals surface area contributed by atoms with Gasteiger partial charge in [-0.3, -0.25) is 9.51 Å². The number of nitrogens with one attached hydrogen (secondary N) is 3. The molecule has 0 aliphatic carbocycles. The number of aromatic amines is 1. The molecule has 18 heavy (non-hydrogen) atoms. The molecule has 1 aromatic heterocycles. The fraction of sp³-hybridized carbons (Fsp3) is 0.182. The standard InChI is InChI=1S/C11H12N4O3/c1-7-2-4-8(5-3-7)13-10(16)12-6-9-14-11(17)18-15-9/h2-5H,6H2,1H3,(H2,12,13,16)(H,14,15,17). The molecule has 7 nitrogen and oxygen atoms in total. The van der Waals surface area contributed by atoms with Gasteiger partial charge in [-0.2, -0.15) is 0 Å². The molecule has 0 fully saturated rings. The number of anilines is 1. The Hall–Kier alpha value is -2.57. The maximum absolute atomic E-state index is 11.5. The van der Waals surface area contributed by atoms with E-state index in [1.165, 1.54) is 0 Å². The zero-order chi connectivity index (χ0) is 13.0. The third-order valence-electron chi connectivity index (χ3n) is 2.21. The Balaban J connectivity index is 1.85. The average Bonchev–Trinajstić information content (AvgIpc) is 2.76. The molecule has 1 aromatic carbocycles. The molecule has 0 unspecified atom stereocenters. The van der Waals surface area contributed by atoms with Crippen molar-refractivity contribution in [2.45, 2.75) is 13.5 Å². The normalized spacial score (nSPS) is 10.1. The lowest BCUT2D eigenvalue weighted by Gasteiger charge is -2.06. The Labute approximate surface area is 102 Å². The highest BCUT2D eigenvalue weighted by Crippen LogP contribution is 2.07. The quantitative estimate of drug-likeness (QED) is 0.754. The van der Waals surface area contributed by atoms with Crippen molar-refractivity contribution in [2.75, 3.05) is 5.32 Å². The predicted molar refractivity (Wildman–Crippen MR) is 64.2 cm³/mol. The van der Waals surface area contributed by atoms with E-state index in [1.807, 2.05) is 19.1 Å². The van der Waals surface area contributed by atoms with Gasteiger partial charge in [0.05, 0.1) is 6.54 Å². The van der Waals surface area contributed by atoms with Crippen LogP contribution < -0.4 is 16.4 Å². The monoisotopic (exact) mass is 248 g/mol. The summed E-state index contributed by atoms with van der Waals surface area (Å²) in [6, 6.07) is 7.00. The number of aromatic nitrogens is 2. The molecule has 2 amide bonds. The predicted octanol–water partition coefficient (Wildman–Crippen LogP) is 0.993. The molecule has 0 saturated carbocycles. The lowest BCUT2D eigenvalue weighted by Crippen LogP contribution is -2.28. The number of aryl methyl sites for hydroxylation is 1. The van der Waals surface area contributed by atoms with Crippen molar-refractivity contribution >= 4 is 11.7 Å². The molecule has 1 heterocycles. The molecular formula is C11H12N4O3. The van der Waals surface area contributed by atoms with Crippen molar-refractivity contribution in [3.63, 3.8) is 0 Å². The second kappa shape index (κ2) is 5.17. The van der Waals surface area contributed by atoms with Crippen LogP contribution in [0.1, 0.15) is 11.4 Å². The van der Waals surface area contributed by atoms with Gasteiger partial charge in [-0.25, -0.2) is 9.59 Å². The van der Waals surface area contributed by atoms with Crippen LogP contribution >= 0.6 is 0 Å². The molecule has 2 aromatic rings.